The van der Waals surface area contributed by atoms with Crippen molar-refractivity contribution in [3.8, 4) is 6.01 Å². The molecular weight excluding hydrogens is 304 g/mol. The van der Waals surface area contributed by atoms with Crippen molar-refractivity contribution < 1.29 is 9.47 Å². The maximum Gasteiger partial charge on any atom is 0.318 e. The van der Waals surface area contributed by atoms with E-state index >= 15 is 0 Å². The normalized spacial score (nSPS) is 16.2. The average molecular weight is 334 g/mol. The topological polar surface area (TPSA) is 82.6 Å². The molecule has 1 saturated carbocycles. The number of ether oxygens (including phenoxy) is 2. The summed E-state index contributed by atoms with van der Waals surface area (Å²) in [5.41, 5.74) is 7.37. The minimum atomic E-state index is 0.323. The first kappa shape index (κ1) is 18.5. The van der Waals surface area contributed by atoms with Crippen molar-refractivity contribution in [3.63, 3.8) is 0 Å². The average Bonchev–Trinajstić information content (AvgIpc) is 2.58. The lowest BCUT2D eigenvalue weighted by Crippen LogP contribution is -2.13. The second-order valence-corrected chi connectivity index (χ2v) is 6.45. The van der Waals surface area contributed by atoms with Crippen LogP contribution >= 0.6 is 0 Å². The van der Waals surface area contributed by atoms with E-state index in [-0.39, 0.29) is 0 Å². The third kappa shape index (κ3) is 5.35. The number of unbranched alkanes of at least 4 members (excludes halogenated alkanes) is 1. The summed E-state index contributed by atoms with van der Waals surface area (Å²) in [5.74, 6) is 1.70. The zero-order valence-corrected chi connectivity index (χ0v) is 15.2. The van der Waals surface area contributed by atoms with Crippen molar-refractivity contribution in [1.29, 1.82) is 0 Å². The number of nitrogens with two attached hydrogens (primary N) is 1. The SMILES string of the molecule is CCCCOc1nc(C)c(/N=C(\CC2CCCCC2)OC)c(N)n1. The van der Waals surface area contributed by atoms with E-state index in [0.717, 1.165) is 19.3 Å². The van der Waals surface area contributed by atoms with Crippen LogP contribution in [0.3, 0.4) is 0 Å². The third-order valence-corrected chi connectivity index (χ3v) is 4.45. The van der Waals surface area contributed by atoms with E-state index in [0.29, 0.717) is 41.6 Å². The van der Waals surface area contributed by atoms with Crippen LogP contribution in [0.25, 0.3) is 0 Å². The summed E-state index contributed by atoms with van der Waals surface area (Å²) in [7, 11) is 1.66. The molecule has 24 heavy (non-hydrogen) atoms. The zero-order valence-electron chi connectivity index (χ0n) is 15.2. The molecule has 0 aliphatic heterocycles. The van der Waals surface area contributed by atoms with Crippen molar-refractivity contribution in [3.05, 3.63) is 5.69 Å². The number of anilines is 1. The monoisotopic (exact) mass is 334 g/mol. The van der Waals surface area contributed by atoms with Crippen LogP contribution in [0.5, 0.6) is 6.01 Å². The van der Waals surface area contributed by atoms with Gasteiger partial charge in [-0.3, -0.25) is 0 Å². The van der Waals surface area contributed by atoms with Crippen LogP contribution < -0.4 is 10.5 Å². The van der Waals surface area contributed by atoms with Gasteiger partial charge in [-0.2, -0.15) is 9.97 Å². The predicted octanol–water partition coefficient (Wildman–Crippen LogP) is 4.19. The first-order chi connectivity index (χ1) is 11.6. The van der Waals surface area contributed by atoms with Gasteiger partial charge in [-0.15, -0.1) is 0 Å². The minimum absolute atomic E-state index is 0.323. The highest BCUT2D eigenvalue weighted by Gasteiger charge is 2.18. The summed E-state index contributed by atoms with van der Waals surface area (Å²) >= 11 is 0. The molecule has 0 radical (unpaired) electrons. The van der Waals surface area contributed by atoms with Crippen LogP contribution in [0.4, 0.5) is 11.5 Å². The lowest BCUT2D eigenvalue weighted by atomic mass is 9.87. The predicted molar refractivity (Wildman–Crippen MR) is 96.9 cm³/mol. The molecule has 1 aromatic rings. The molecule has 0 saturated heterocycles. The summed E-state index contributed by atoms with van der Waals surface area (Å²) in [4.78, 5) is 13.2. The van der Waals surface area contributed by atoms with Crippen LogP contribution in [0, 0.1) is 12.8 Å². The number of hydrogen-bond donors (Lipinski definition) is 1. The molecule has 0 atom stereocenters. The molecule has 0 amide bonds. The quantitative estimate of drug-likeness (QED) is 0.459. The van der Waals surface area contributed by atoms with Gasteiger partial charge in [-0.05, 0) is 32.1 Å². The van der Waals surface area contributed by atoms with Gasteiger partial charge in [0.05, 0.1) is 19.4 Å². The molecule has 2 rings (SSSR count). The van der Waals surface area contributed by atoms with Crippen LogP contribution in [-0.4, -0.2) is 29.6 Å². The highest BCUT2D eigenvalue weighted by Crippen LogP contribution is 2.30. The van der Waals surface area contributed by atoms with Crippen molar-refractivity contribution >= 4 is 17.4 Å². The fourth-order valence-corrected chi connectivity index (χ4v) is 3.01. The van der Waals surface area contributed by atoms with Crippen molar-refractivity contribution in [2.24, 2.45) is 10.9 Å². The fraction of sp³-hybridized carbons (Fsp3) is 0.722. The van der Waals surface area contributed by atoms with Crippen molar-refractivity contribution in [1.82, 2.24) is 9.97 Å². The molecule has 134 valence electrons. The Labute approximate surface area is 144 Å². The molecule has 0 bridgehead atoms. The minimum Gasteiger partial charge on any atom is -0.484 e. The van der Waals surface area contributed by atoms with Gasteiger partial charge in [0.2, 0.25) is 0 Å². The van der Waals surface area contributed by atoms with E-state index in [4.69, 9.17) is 15.2 Å². The maximum absolute atomic E-state index is 6.07. The zero-order chi connectivity index (χ0) is 17.4. The molecule has 6 heteroatoms. The van der Waals surface area contributed by atoms with Crippen LogP contribution in [0.2, 0.25) is 0 Å². The van der Waals surface area contributed by atoms with E-state index < -0.39 is 0 Å². The Bertz CT molecular complexity index is 531. The maximum atomic E-state index is 6.07. The van der Waals surface area contributed by atoms with E-state index in [1.54, 1.807) is 7.11 Å². The molecular formula is C18H30N4O2. The molecule has 0 aromatic carbocycles. The summed E-state index contributed by atoms with van der Waals surface area (Å²) in [5, 5.41) is 0. The first-order valence-corrected chi connectivity index (χ1v) is 9.02. The number of methoxy groups -OCH3 is 1. The molecule has 6 nitrogen and oxygen atoms in total. The molecule has 0 spiro atoms. The Morgan fingerprint density at radius 1 is 1.25 bits per heavy atom. The van der Waals surface area contributed by atoms with Gasteiger partial charge in [0.1, 0.15) is 5.69 Å². The number of aryl methyl sites for hydroxylation is 1. The number of nitrogens with zero attached hydrogens (tertiary/aromatic N) is 3. The lowest BCUT2D eigenvalue weighted by Gasteiger charge is -2.21. The second-order valence-electron chi connectivity index (χ2n) is 6.45. The molecule has 0 unspecified atom stereocenters. The second kappa shape index (κ2) is 9.45. The van der Waals surface area contributed by atoms with Gasteiger partial charge in [0.25, 0.3) is 0 Å². The van der Waals surface area contributed by atoms with E-state index in [2.05, 4.69) is 21.9 Å². The molecule has 1 aliphatic carbocycles. The number of hydrogen-bond acceptors (Lipinski definition) is 6. The smallest absolute Gasteiger partial charge is 0.318 e. The van der Waals surface area contributed by atoms with Gasteiger partial charge in [-0.25, -0.2) is 4.99 Å². The Morgan fingerprint density at radius 2 is 2.00 bits per heavy atom. The Morgan fingerprint density at radius 3 is 2.62 bits per heavy atom. The summed E-state index contributed by atoms with van der Waals surface area (Å²) < 4.78 is 11.0. The lowest BCUT2D eigenvalue weighted by molar-refractivity contribution is 0.285. The standard InChI is InChI=1S/C18H30N4O2/c1-4-5-11-24-18-20-13(2)16(17(19)22-18)21-15(23-3)12-14-9-7-6-8-10-14/h14H,4-12H2,1-3H3,(H2,19,20,22)/b21-15+. The number of aliphatic imine (C=N–C) groups is 1. The number of aromatic nitrogens is 2. The number of rotatable bonds is 7. The van der Waals surface area contributed by atoms with Crippen LogP contribution in [0.1, 0.15) is 64.0 Å². The Hall–Kier alpha value is -1.85. The van der Waals surface area contributed by atoms with Crippen LogP contribution in [-0.2, 0) is 4.74 Å². The summed E-state index contributed by atoms with van der Waals surface area (Å²) in [6, 6.07) is 0.323. The first-order valence-electron chi connectivity index (χ1n) is 9.02. The molecule has 2 N–H and O–H groups in total. The molecule has 1 heterocycles. The molecule has 1 fully saturated rings. The molecule has 1 aliphatic rings. The van der Waals surface area contributed by atoms with Gasteiger partial charge in [0, 0.05) is 6.42 Å². The Balaban J connectivity index is 2.10. The van der Waals surface area contributed by atoms with E-state index in [9.17, 15) is 0 Å². The molecule has 1 aromatic heterocycles. The van der Waals surface area contributed by atoms with Crippen LogP contribution in [0.15, 0.2) is 4.99 Å². The largest absolute Gasteiger partial charge is 0.484 e. The number of nitrogen functional groups attached to an aromatic ring is 1. The van der Waals surface area contributed by atoms with Gasteiger partial charge in [0.15, 0.2) is 11.7 Å². The van der Waals surface area contributed by atoms with Gasteiger partial charge >= 0.3 is 6.01 Å². The fourth-order valence-electron chi connectivity index (χ4n) is 3.01. The highest BCUT2D eigenvalue weighted by atomic mass is 16.5. The van der Waals surface area contributed by atoms with E-state index in [1.807, 2.05) is 6.92 Å². The van der Waals surface area contributed by atoms with Crippen molar-refractivity contribution in [2.45, 2.75) is 65.2 Å². The van der Waals surface area contributed by atoms with Gasteiger partial charge in [-0.1, -0.05) is 32.6 Å². The highest BCUT2D eigenvalue weighted by molar-refractivity contribution is 5.81. The van der Waals surface area contributed by atoms with E-state index in [1.165, 1.54) is 32.1 Å². The van der Waals surface area contributed by atoms with Gasteiger partial charge < -0.3 is 15.2 Å². The summed E-state index contributed by atoms with van der Waals surface area (Å²) in [6.07, 6.45) is 9.33. The third-order valence-electron chi connectivity index (χ3n) is 4.45. The van der Waals surface area contributed by atoms with Crippen molar-refractivity contribution in [2.75, 3.05) is 19.5 Å². The summed E-state index contributed by atoms with van der Waals surface area (Å²) in [6.45, 7) is 4.58. The Kier molecular flexibility index (Phi) is 7.28.